The number of alkyl carbamates (subject to hydrolysis) is 2. The van der Waals surface area contributed by atoms with Crippen LogP contribution >= 0.6 is 0 Å². The number of cyclic esters (lactones) is 1. The number of aliphatic hydroxyl groups is 1. The van der Waals surface area contributed by atoms with E-state index in [0.29, 0.717) is 25.3 Å². The van der Waals surface area contributed by atoms with Gasteiger partial charge >= 0.3 is 12.2 Å². The fourth-order valence-corrected chi connectivity index (χ4v) is 4.31. The van der Waals surface area contributed by atoms with Gasteiger partial charge < -0.3 is 44.2 Å². The number of carbonyl (C=O) groups excluding carboxylic acids is 2. The SMILES string of the molecule is CC(C)(C)OC(=O)NCC(O)c1ccc2c(c1)COC(C)(C)O2.CC1(C)OCc2cc(C3CNC(=O)O3)ccc2O1. The Morgan fingerprint density at radius 2 is 1.61 bits per heavy atom. The molecule has 3 aliphatic rings. The summed E-state index contributed by atoms with van der Waals surface area (Å²) in [7, 11) is 0. The lowest BCUT2D eigenvalue weighted by Crippen LogP contribution is -2.36. The third-order valence-electron chi connectivity index (χ3n) is 6.31. The summed E-state index contributed by atoms with van der Waals surface area (Å²) in [5.74, 6) is 0.339. The Bertz CT molecular complexity index is 1270. The molecule has 3 N–H and O–H groups in total. The lowest BCUT2D eigenvalue weighted by atomic mass is 10.0. The van der Waals surface area contributed by atoms with Crippen LogP contribution in [0.1, 0.15) is 82.9 Å². The van der Waals surface area contributed by atoms with Crippen molar-refractivity contribution in [3.63, 3.8) is 0 Å². The van der Waals surface area contributed by atoms with Crippen LogP contribution in [-0.4, -0.2) is 47.6 Å². The molecule has 5 rings (SSSR count). The van der Waals surface area contributed by atoms with Crippen molar-refractivity contribution in [2.45, 2.75) is 91.1 Å². The molecule has 2 atom stereocenters. The second-order valence-electron chi connectivity index (χ2n) is 12.0. The van der Waals surface area contributed by atoms with E-state index in [-0.39, 0.29) is 18.7 Å². The van der Waals surface area contributed by atoms with Gasteiger partial charge in [-0.1, -0.05) is 12.1 Å². The molecule has 11 nitrogen and oxygen atoms in total. The monoisotopic (exact) mass is 572 g/mol. The highest BCUT2D eigenvalue weighted by Crippen LogP contribution is 2.34. The molecule has 3 heterocycles. The molecule has 0 saturated carbocycles. The van der Waals surface area contributed by atoms with Gasteiger partial charge in [0.15, 0.2) is 0 Å². The molecule has 3 aliphatic heterocycles. The topological polar surface area (TPSA) is 134 Å². The number of ether oxygens (including phenoxy) is 6. The van der Waals surface area contributed by atoms with E-state index in [1.54, 1.807) is 26.8 Å². The fourth-order valence-electron chi connectivity index (χ4n) is 4.31. The van der Waals surface area contributed by atoms with Crippen molar-refractivity contribution in [3.05, 3.63) is 58.7 Å². The summed E-state index contributed by atoms with van der Waals surface area (Å²) in [6, 6.07) is 11.2. The van der Waals surface area contributed by atoms with Gasteiger partial charge in [0, 0.05) is 38.8 Å². The van der Waals surface area contributed by atoms with Crippen LogP contribution in [0.3, 0.4) is 0 Å². The fraction of sp³-hybridized carbons (Fsp3) is 0.533. The van der Waals surface area contributed by atoms with E-state index >= 15 is 0 Å². The average Bonchev–Trinajstić information content (AvgIpc) is 3.31. The number of hydrogen-bond acceptors (Lipinski definition) is 9. The molecule has 224 valence electrons. The summed E-state index contributed by atoms with van der Waals surface area (Å²) in [6.45, 7) is 14.3. The molecule has 0 radical (unpaired) electrons. The first-order valence-electron chi connectivity index (χ1n) is 13.6. The van der Waals surface area contributed by atoms with Crippen molar-refractivity contribution in [2.24, 2.45) is 0 Å². The van der Waals surface area contributed by atoms with Crippen molar-refractivity contribution in [3.8, 4) is 11.5 Å². The molecule has 0 aromatic heterocycles. The van der Waals surface area contributed by atoms with Gasteiger partial charge in [0.2, 0.25) is 11.6 Å². The molecular weight excluding hydrogens is 532 g/mol. The van der Waals surface area contributed by atoms with E-state index in [9.17, 15) is 14.7 Å². The van der Waals surface area contributed by atoms with Crippen molar-refractivity contribution < 1.29 is 43.1 Å². The highest BCUT2D eigenvalue weighted by Gasteiger charge is 2.30. The minimum atomic E-state index is -0.831. The Hall–Kier alpha value is -3.54. The average molecular weight is 573 g/mol. The van der Waals surface area contributed by atoms with E-state index < -0.39 is 29.4 Å². The lowest BCUT2D eigenvalue weighted by molar-refractivity contribution is -0.180. The minimum absolute atomic E-state index is 0.0703. The summed E-state index contributed by atoms with van der Waals surface area (Å²) in [5, 5.41) is 15.4. The second-order valence-corrected chi connectivity index (χ2v) is 12.0. The molecule has 11 heteroatoms. The first-order chi connectivity index (χ1) is 19.1. The van der Waals surface area contributed by atoms with Crippen LogP contribution in [0.15, 0.2) is 36.4 Å². The quantitative estimate of drug-likeness (QED) is 0.463. The van der Waals surface area contributed by atoms with Crippen molar-refractivity contribution in [1.29, 1.82) is 0 Å². The Morgan fingerprint density at radius 1 is 1.02 bits per heavy atom. The van der Waals surface area contributed by atoms with Gasteiger partial charge in [-0.3, -0.25) is 0 Å². The maximum absolute atomic E-state index is 11.6. The maximum atomic E-state index is 11.6. The Labute approximate surface area is 240 Å². The van der Waals surface area contributed by atoms with Gasteiger partial charge in [-0.25, -0.2) is 9.59 Å². The van der Waals surface area contributed by atoms with E-state index in [2.05, 4.69) is 10.6 Å². The normalized spacial score (nSPS) is 20.8. The van der Waals surface area contributed by atoms with Gasteiger partial charge in [0.25, 0.3) is 0 Å². The highest BCUT2D eigenvalue weighted by atomic mass is 16.7. The van der Waals surface area contributed by atoms with Gasteiger partial charge in [-0.2, -0.15) is 0 Å². The number of fused-ring (bicyclic) bond motifs is 2. The first-order valence-corrected chi connectivity index (χ1v) is 13.6. The molecule has 1 saturated heterocycles. The largest absolute Gasteiger partial charge is 0.463 e. The zero-order valence-corrected chi connectivity index (χ0v) is 24.7. The van der Waals surface area contributed by atoms with Gasteiger partial charge in [0.05, 0.1) is 32.4 Å². The van der Waals surface area contributed by atoms with Crippen LogP contribution in [0.2, 0.25) is 0 Å². The molecule has 41 heavy (non-hydrogen) atoms. The molecular formula is C30H40N2O9. The number of nitrogens with one attached hydrogen (secondary N) is 2. The van der Waals surface area contributed by atoms with Crippen LogP contribution < -0.4 is 20.1 Å². The molecule has 2 aromatic rings. The van der Waals surface area contributed by atoms with E-state index in [4.69, 9.17) is 28.4 Å². The molecule has 1 fully saturated rings. The molecule has 2 amide bonds. The zero-order chi connectivity index (χ0) is 30.0. The van der Waals surface area contributed by atoms with E-state index in [1.165, 1.54) is 0 Å². The highest BCUT2D eigenvalue weighted by molar-refractivity contribution is 5.69. The smallest absolute Gasteiger partial charge is 0.407 e. The summed E-state index contributed by atoms with van der Waals surface area (Å²) in [5.41, 5.74) is 2.93. The Kier molecular flexibility index (Phi) is 8.72. The predicted octanol–water partition coefficient (Wildman–Crippen LogP) is 5.00. The third kappa shape index (κ3) is 8.48. The number of carbonyl (C=O) groups is 2. The van der Waals surface area contributed by atoms with Crippen molar-refractivity contribution >= 4 is 12.2 Å². The van der Waals surface area contributed by atoms with Gasteiger partial charge in [-0.15, -0.1) is 0 Å². The molecule has 2 unspecified atom stereocenters. The number of amides is 2. The Morgan fingerprint density at radius 3 is 2.17 bits per heavy atom. The summed E-state index contributed by atoms with van der Waals surface area (Å²) in [6.07, 6.45) is -1.98. The maximum Gasteiger partial charge on any atom is 0.407 e. The zero-order valence-electron chi connectivity index (χ0n) is 24.7. The molecule has 0 aliphatic carbocycles. The number of rotatable bonds is 4. The van der Waals surface area contributed by atoms with Crippen LogP contribution in [-0.2, 0) is 32.2 Å². The van der Waals surface area contributed by atoms with Crippen LogP contribution in [0.25, 0.3) is 0 Å². The van der Waals surface area contributed by atoms with E-state index in [1.807, 2.05) is 58.0 Å². The minimum Gasteiger partial charge on any atom is -0.463 e. The lowest BCUT2D eigenvalue weighted by Gasteiger charge is -2.33. The van der Waals surface area contributed by atoms with Crippen LogP contribution in [0.4, 0.5) is 9.59 Å². The predicted molar refractivity (Wildman–Crippen MR) is 148 cm³/mol. The van der Waals surface area contributed by atoms with Crippen LogP contribution in [0, 0.1) is 0 Å². The molecule has 0 bridgehead atoms. The van der Waals surface area contributed by atoms with Crippen LogP contribution in [0.5, 0.6) is 11.5 Å². The Balaban J connectivity index is 0.000000194. The summed E-state index contributed by atoms with van der Waals surface area (Å²) < 4.78 is 32.9. The number of hydrogen-bond donors (Lipinski definition) is 3. The standard InChI is InChI=1S/C17H25NO5.C13H15NO4/c1-16(2,3)23-15(20)18-9-13(19)11-6-7-14-12(8-11)10-21-17(4,5)22-14;1-13(2)16-7-9-5-8(3-4-10(9)18-13)11-6-14-12(15)17-11/h6-8,13,19H,9-10H2,1-5H3,(H,18,20);3-5,11H,6-7H2,1-2H3,(H,14,15). The van der Waals surface area contributed by atoms with E-state index in [0.717, 1.165) is 28.2 Å². The summed E-state index contributed by atoms with van der Waals surface area (Å²) >= 11 is 0. The van der Waals surface area contributed by atoms with Gasteiger partial charge in [-0.05, 0) is 56.2 Å². The van der Waals surface area contributed by atoms with Crippen molar-refractivity contribution in [2.75, 3.05) is 13.1 Å². The van der Waals surface area contributed by atoms with Gasteiger partial charge in [0.1, 0.15) is 23.2 Å². The molecule has 0 spiro atoms. The van der Waals surface area contributed by atoms with Crippen molar-refractivity contribution in [1.82, 2.24) is 10.6 Å². The number of aliphatic hydroxyl groups excluding tert-OH is 1. The first kappa shape index (κ1) is 30.4. The second kappa shape index (κ2) is 11.8. The third-order valence-corrected chi connectivity index (χ3v) is 6.31. The number of benzene rings is 2. The molecule has 2 aromatic carbocycles. The summed E-state index contributed by atoms with van der Waals surface area (Å²) in [4.78, 5) is 22.6.